The molecule has 1 fully saturated rings. The quantitative estimate of drug-likeness (QED) is 0.466. The van der Waals surface area contributed by atoms with Crippen LogP contribution in [0.15, 0.2) is 0 Å². The summed E-state index contributed by atoms with van der Waals surface area (Å²) in [6.07, 6.45) is -1.73. The lowest BCUT2D eigenvalue weighted by Gasteiger charge is -2.34. The van der Waals surface area contributed by atoms with Gasteiger partial charge in [-0.25, -0.2) is 9.18 Å². The average molecular weight is 247 g/mol. The Balaban J connectivity index is 1.82. The minimum Gasteiger partial charge on any atom is -0.394 e. The molecule has 3 amide bonds. The zero-order valence-electron chi connectivity index (χ0n) is 8.91. The highest BCUT2D eigenvalue weighted by molar-refractivity contribution is 6.08. The maximum Gasteiger partial charge on any atom is 0.511 e. The van der Waals surface area contributed by atoms with Crippen LogP contribution in [0.2, 0.25) is 0 Å². The molecule has 0 aromatic heterocycles. The summed E-state index contributed by atoms with van der Waals surface area (Å²) < 4.78 is 24.1. The van der Waals surface area contributed by atoms with Gasteiger partial charge in [0.1, 0.15) is 6.21 Å². The van der Waals surface area contributed by atoms with Crippen LogP contribution < -0.4 is 0 Å². The number of nitrogens with zero attached hydrogens (tertiary/aromatic N) is 2. The lowest BCUT2D eigenvalue weighted by molar-refractivity contribution is -0.618. The monoisotopic (exact) mass is 247 g/mol. The van der Waals surface area contributed by atoms with Crippen molar-refractivity contribution in [1.29, 1.82) is 0 Å². The molecule has 3 heterocycles. The van der Waals surface area contributed by atoms with E-state index in [0.717, 1.165) is 15.7 Å². The van der Waals surface area contributed by atoms with Gasteiger partial charge in [-0.15, -0.1) is 4.58 Å². The number of alkyl halides is 1. The third-order valence-corrected chi connectivity index (χ3v) is 2.38. The number of imide groups is 1. The first-order chi connectivity index (χ1) is 8.16. The van der Waals surface area contributed by atoms with E-state index in [2.05, 4.69) is 0 Å². The highest BCUT2D eigenvalue weighted by Gasteiger charge is 2.63. The van der Waals surface area contributed by atoms with Crippen molar-refractivity contribution < 1.29 is 33.1 Å². The molecule has 2 unspecified atom stereocenters. The van der Waals surface area contributed by atoms with Crippen LogP contribution in [0, 0.1) is 0 Å². The van der Waals surface area contributed by atoms with Gasteiger partial charge in [0.05, 0.1) is 26.4 Å². The fourth-order valence-electron chi connectivity index (χ4n) is 1.59. The Kier molecular flexibility index (Phi) is 3.46. The topological polar surface area (TPSA) is 79.1 Å². The van der Waals surface area contributed by atoms with Crippen LogP contribution >= 0.6 is 0 Å². The first-order valence-corrected chi connectivity index (χ1v) is 5.11. The van der Waals surface area contributed by atoms with Gasteiger partial charge in [0.15, 0.2) is 0 Å². The standard InChI is InChI=1S/C9H12FN2O5/c10-6-5-11-8(15)12(7(6)14)9(11)17-4-3-16-2-1-13/h5-6,9,13H,1-4H2/q+1. The minimum absolute atomic E-state index is 0.0873. The summed E-state index contributed by atoms with van der Waals surface area (Å²) in [5.74, 6) is -0.904. The van der Waals surface area contributed by atoms with Crippen LogP contribution in [-0.4, -0.2) is 71.7 Å². The molecule has 2 atom stereocenters. The number of ether oxygens (including phenoxy) is 2. The second-order valence-electron chi connectivity index (χ2n) is 3.48. The number of aliphatic hydroxyl groups is 1. The molecule has 7 nitrogen and oxygen atoms in total. The van der Waals surface area contributed by atoms with Crippen LogP contribution in [0.1, 0.15) is 0 Å². The van der Waals surface area contributed by atoms with E-state index in [1.165, 1.54) is 0 Å². The Bertz CT molecular complexity index is 372. The van der Waals surface area contributed by atoms with Crippen LogP contribution in [-0.2, 0) is 14.3 Å². The second kappa shape index (κ2) is 4.86. The SMILES string of the molecule is O=C1C(F)C=[N+]2C(=O)N1C2OCCOCCO. The molecule has 1 saturated heterocycles. The van der Waals surface area contributed by atoms with Gasteiger partial charge in [0.25, 0.3) is 6.17 Å². The van der Waals surface area contributed by atoms with Crippen molar-refractivity contribution in [2.24, 2.45) is 0 Å². The molecule has 94 valence electrons. The molecule has 0 aromatic carbocycles. The molecule has 0 aromatic rings. The molecule has 2 bridgehead atoms. The van der Waals surface area contributed by atoms with Crippen LogP contribution in [0.25, 0.3) is 0 Å². The number of aliphatic hydroxyl groups excluding tert-OH is 1. The molecule has 3 aliphatic heterocycles. The van der Waals surface area contributed by atoms with E-state index in [1.54, 1.807) is 0 Å². The van der Waals surface area contributed by atoms with Crippen LogP contribution in [0.3, 0.4) is 0 Å². The first kappa shape index (κ1) is 12.1. The third kappa shape index (κ3) is 2.06. The van der Waals surface area contributed by atoms with Gasteiger partial charge >= 0.3 is 18.3 Å². The normalized spacial score (nSPS) is 26.9. The molecular weight excluding hydrogens is 235 g/mol. The van der Waals surface area contributed by atoms with Gasteiger partial charge in [0.2, 0.25) is 0 Å². The molecule has 0 saturated carbocycles. The molecule has 3 rings (SSSR count). The maximum atomic E-state index is 12.9. The summed E-state index contributed by atoms with van der Waals surface area (Å²) in [4.78, 5) is 23.2. The molecule has 0 spiro atoms. The number of urea groups is 1. The molecule has 1 N–H and O–H groups in total. The fraction of sp³-hybridized carbons (Fsp3) is 0.667. The van der Waals surface area contributed by atoms with E-state index in [1.807, 2.05) is 0 Å². The van der Waals surface area contributed by atoms with Crippen molar-refractivity contribution >= 4 is 18.2 Å². The van der Waals surface area contributed by atoms with Gasteiger partial charge in [-0.3, -0.25) is 0 Å². The summed E-state index contributed by atoms with van der Waals surface area (Å²) in [6, 6.07) is -0.579. The van der Waals surface area contributed by atoms with E-state index in [-0.39, 0.29) is 26.4 Å². The van der Waals surface area contributed by atoms with Crippen molar-refractivity contribution in [3.8, 4) is 0 Å². The third-order valence-electron chi connectivity index (χ3n) is 2.38. The van der Waals surface area contributed by atoms with Crippen LogP contribution in [0.4, 0.5) is 9.18 Å². The van der Waals surface area contributed by atoms with Crippen LogP contribution in [0.5, 0.6) is 0 Å². The maximum absolute atomic E-state index is 12.9. The number of hydrogen-bond acceptors (Lipinski definition) is 5. The number of carbonyl (C=O) groups is 2. The molecule has 0 aliphatic carbocycles. The summed E-state index contributed by atoms with van der Waals surface area (Å²) in [5, 5.41) is 8.44. The van der Waals surface area contributed by atoms with Crippen molar-refractivity contribution in [1.82, 2.24) is 4.90 Å². The lowest BCUT2D eigenvalue weighted by atomic mass is 10.2. The minimum atomic E-state index is -1.78. The van der Waals surface area contributed by atoms with E-state index in [0.29, 0.717) is 0 Å². The molecule has 8 heteroatoms. The first-order valence-electron chi connectivity index (χ1n) is 5.11. The summed E-state index contributed by atoms with van der Waals surface area (Å²) in [5.41, 5.74) is 0. The van der Waals surface area contributed by atoms with Gasteiger partial charge in [-0.2, -0.15) is 4.79 Å². The highest BCUT2D eigenvalue weighted by atomic mass is 19.1. The molecular formula is C9H12FN2O5+. The molecule has 17 heavy (non-hydrogen) atoms. The molecule has 0 radical (unpaired) electrons. The fourth-order valence-corrected chi connectivity index (χ4v) is 1.59. The number of rotatable bonds is 6. The smallest absolute Gasteiger partial charge is 0.394 e. The predicted molar refractivity (Wildman–Crippen MR) is 51.1 cm³/mol. The summed E-state index contributed by atoms with van der Waals surface area (Å²) >= 11 is 0. The Morgan fingerprint density at radius 2 is 2.18 bits per heavy atom. The Morgan fingerprint density at radius 3 is 2.82 bits per heavy atom. The van der Waals surface area contributed by atoms with Crippen molar-refractivity contribution in [2.45, 2.75) is 12.5 Å². The molecule has 3 aliphatic rings. The number of carbonyl (C=O) groups excluding carboxylic acids is 2. The average Bonchev–Trinajstić information content (AvgIpc) is 2.32. The van der Waals surface area contributed by atoms with Crippen molar-refractivity contribution in [2.75, 3.05) is 26.4 Å². The summed E-state index contributed by atoms with van der Waals surface area (Å²) in [6.45, 7) is 0.469. The number of halogens is 1. The Hall–Kier alpha value is -1.38. The number of amides is 3. The Labute approximate surface area is 96.0 Å². The lowest BCUT2D eigenvalue weighted by Crippen LogP contribution is -2.72. The van der Waals surface area contributed by atoms with E-state index in [9.17, 15) is 14.0 Å². The second-order valence-corrected chi connectivity index (χ2v) is 3.48. The van der Waals surface area contributed by atoms with E-state index < -0.39 is 24.5 Å². The van der Waals surface area contributed by atoms with E-state index >= 15 is 0 Å². The zero-order valence-corrected chi connectivity index (χ0v) is 8.91. The predicted octanol–water partition coefficient (Wildman–Crippen LogP) is -1.31. The van der Waals surface area contributed by atoms with Crippen molar-refractivity contribution in [3.63, 3.8) is 0 Å². The van der Waals surface area contributed by atoms with Crippen molar-refractivity contribution in [3.05, 3.63) is 0 Å². The largest absolute Gasteiger partial charge is 0.511 e. The number of hydrogen-bond donors (Lipinski definition) is 1. The Morgan fingerprint density at radius 1 is 1.41 bits per heavy atom. The van der Waals surface area contributed by atoms with Gasteiger partial charge in [-0.1, -0.05) is 4.90 Å². The summed E-state index contributed by atoms with van der Waals surface area (Å²) in [7, 11) is 0. The highest BCUT2D eigenvalue weighted by Crippen LogP contribution is 2.23. The van der Waals surface area contributed by atoms with Gasteiger partial charge < -0.3 is 14.6 Å². The zero-order chi connectivity index (χ0) is 12.4. The van der Waals surface area contributed by atoms with E-state index in [4.69, 9.17) is 14.6 Å². The number of fused-ring (bicyclic) bond motifs is 2. The van der Waals surface area contributed by atoms with Gasteiger partial charge in [-0.05, 0) is 0 Å². The van der Waals surface area contributed by atoms with Gasteiger partial charge in [0, 0.05) is 0 Å².